The van der Waals surface area contributed by atoms with Crippen molar-refractivity contribution in [1.82, 2.24) is 0 Å². The molecular formula is C81H54BF3O5S. The average molecular weight is 1210 g/mol. The summed E-state index contributed by atoms with van der Waals surface area (Å²) in [4.78, 5) is 0. The lowest BCUT2D eigenvalue weighted by atomic mass is 9.72. The predicted molar refractivity (Wildman–Crippen MR) is 372 cm³/mol. The van der Waals surface area contributed by atoms with Crippen molar-refractivity contribution in [2.24, 2.45) is 0 Å². The van der Waals surface area contributed by atoms with E-state index < -0.39 is 22.7 Å². The number of halogens is 3. The highest BCUT2D eigenvalue weighted by atomic mass is 32.2. The van der Waals surface area contributed by atoms with Gasteiger partial charge in [-0.15, -0.1) is 0 Å². The standard InChI is InChI=1S/C40H26.C24H17BO2.C17H11F3O3S/c1-2-13-27(14-3-1)30-25-29-16-5-7-19-32(29)38(26-30)40-36-22-10-8-20-34(36)39(35-21-9-11-23-37(35)40)33-24-12-17-28-15-4-6-18-31(28)33;26-25(27)24-21-13-5-3-11-19(21)23(20-12-4-6-14-22(20)24)18-15-7-9-16-8-1-2-10-17(16)18;18-17(19,20)24(21,22)23-16-11-14(12-6-2-1-3-7-12)10-13-8-4-5-9-15(13)16/h1-26H;1-15,26-27H;1-11H. The van der Waals surface area contributed by atoms with Gasteiger partial charge in [-0.2, -0.15) is 21.6 Å². The predicted octanol–water partition coefficient (Wildman–Crippen LogP) is 20.5. The molecule has 2 N–H and O–H groups in total. The second kappa shape index (κ2) is 24.2. The van der Waals surface area contributed by atoms with E-state index >= 15 is 0 Å². The largest absolute Gasteiger partial charge is 0.534 e. The Kier molecular flexibility index (Phi) is 15.4. The van der Waals surface area contributed by atoms with E-state index in [1.54, 1.807) is 54.6 Å². The molecule has 0 aromatic heterocycles. The van der Waals surface area contributed by atoms with Crippen molar-refractivity contribution in [2.75, 3.05) is 0 Å². The molecule has 16 aromatic carbocycles. The van der Waals surface area contributed by atoms with Crippen molar-refractivity contribution >= 4 is 109 Å². The van der Waals surface area contributed by atoms with Gasteiger partial charge < -0.3 is 14.2 Å². The van der Waals surface area contributed by atoms with Crippen LogP contribution < -0.4 is 9.65 Å². The van der Waals surface area contributed by atoms with Gasteiger partial charge in [0.05, 0.1) is 0 Å². The topological polar surface area (TPSA) is 83.8 Å². The van der Waals surface area contributed by atoms with Gasteiger partial charge in [-0.25, -0.2) is 0 Å². The maximum absolute atomic E-state index is 12.6. The first-order chi connectivity index (χ1) is 44.4. The molecule has 0 spiro atoms. The van der Waals surface area contributed by atoms with Gasteiger partial charge in [0.2, 0.25) is 0 Å². The number of benzene rings is 16. The average Bonchev–Trinajstić information content (AvgIpc) is 0.756. The molecule has 0 radical (unpaired) electrons. The molecule has 16 aromatic rings. The van der Waals surface area contributed by atoms with Gasteiger partial charge in [0, 0.05) is 5.39 Å². The van der Waals surface area contributed by atoms with Crippen molar-refractivity contribution in [2.45, 2.75) is 5.51 Å². The summed E-state index contributed by atoms with van der Waals surface area (Å²) in [5.74, 6) is -0.357. The molecular weight excluding hydrogens is 1150 g/mol. The molecule has 0 saturated carbocycles. The van der Waals surface area contributed by atoms with Crippen LogP contribution in [0.3, 0.4) is 0 Å². The van der Waals surface area contributed by atoms with Crippen LogP contribution in [0.1, 0.15) is 0 Å². The highest BCUT2D eigenvalue weighted by Crippen LogP contribution is 2.48. The maximum Gasteiger partial charge on any atom is 0.534 e. The van der Waals surface area contributed by atoms with E-state index in [9.17, 15) is 31.6 Å². The van der Waals surface area contributed by atoms with Gasteiger partial charge >= 0.3 is 22.7 Å². The Morgan fingerprint density at radius 2 is 0.582 bits per heavy atom. The molecule has 91 heavy (non-hydrogen) atoms. The van der Waals surface area contributed by atoms with Crippen molar-refractivity contribution < 1.29 is 35.8 Å². The summed E-state index contributed by atoms with van der Waals surface area (Å²) in [6.07, 6.45) is 0. The van der Waals surface area contributed by atoms with Gasteiger partial charge in [-0.05, 0) is 166 Å². The second-order valence-electron chi connectivity index (χ2n) is 22.3. The number of hydrogen-bond acceptors (Lipinski definition) is 5. The Morgan fingerprint density at radius 1 is 0.286 bits per heavy atom. The first-order valence-electron chi connectivity index (χ1n) is 29.8. The first-order valence-corrected chi connectivity index (χ1v) is 31.2. The van der Waals surface area contributed by atoms with E-state index in [0.717, 1.165) is 38.2 Å². The maximum atomic E-state index is 12.6. The zero-order valence-electron chi connectivity index (χ0n) is 48.8. The van der Waals surface area contributed by atoms with Gasteiger partial charge in [0.25, 0.3) is 0 Å². The lowest BCUT2D eigenvalue weighted by molar-refractivity contribution is -0.0499. The second-order valence-corrected chi connectivity index (χ2v) is 23.8. The van der Waals surface area contributed by atoms with E-state index in [1.807, 2.05) is 42.5 Å². The fourth-order valence-corrected chi connectivity index (χ4v) is 13.4. The van der Waals surface area contributed by atoms with Crippen LogP contribution in [0.4, 0.5) is 13.2 Å². The van der Waals surface area contributed by atoms with Crippen LogP contribution in [-0.4, -0.2) is 31.1 Å². The zero-order chi connectivity index (χ0) is 62.2. The molecule has 0 aliphatic rings. The summed E-state index contributed by atoms with van der Waals surface area (Å²) in [6.45, 7) is 0. The van der Waals surface area contributed by atoms with Crippen LogP contribution in [0, 0.1) is 0 Å². The molecule has 0 bridgehead atoms. The third kappa shape index (κ3) is 11.0. The van der Waals surface area contributed by atoms with Gasteiger partial charge in [0.15, 0.2) is 5.75 Å². The van der Waals surface area contributed by atoms with Gasteiger partial charge in [0.1, 0.15) is 0 Å². The molecule has 0 heterocycles. The van der Waals surface area contributed by atoms with Crippen molar-refractivity contribution in [1.29, 1.82) is 0 Å². The first kappa shape index (κ1) is 57.8. The monoisotopic (exact) mass is 1210 g/mol. The summed E-state index contributed by atoms with van der Waals surface area (Å²) in [5, 5.41) is 37.4. The minimum atomic E-state index is -5.74. The van der Waals surface area contributed by atoms with Crippen LogP contribution in [-0.2, 0) is 10.1 Å². The molecule has 0 amide bonds. The Hall–Kier alpha value is -10.9. The highest BCUT2D eigenvalue weighted by molar-refractivity contribution is 7.88. The van der Waals surface area contributed by atoms with Crippen LogP contribution in [0.25, 0.3) is 142 Å². The minimum Gasteiger partial charge on any atom is -0.423 e. The number of hydrogen-bond donors (Lipinski definition) is 2. The van der Waals surface area contributed by atoms with Crippen molar-refractivity contribution in [3.63, 3.8) is 0 Å². The summed E-state index contributed by atoms with van der Waals surface area (Å²) < 4.78 is 65.0. The molecule has 438 valence electrons. The van der Waals surface area contributed by atoms with Crippen LogP contribution >= 0.6 is 0 Å². The molecule has 0 saturated heterocycles. The number of rotatable bonds is 8. The van der Waals surface area contributed by atoms with Crippen LogP contribution in [0.2, 0.25) is 0 Å². The van der Waals surface area contributed by atoms with Crippen molar-refractivity contribution in [3.05, 3.63) is 315 Å². The van der Waals surface area contributed by atoms with E-state index in [4.69, 9.17) is 0 Å². The van der Waals surface area contributed by atoms with E-state index in [2.05, 4.69) is 210 Å². The lowest BCUT2D eigenvalue weighted by Crippen LogP contribution is -2.31. The van der Waals surface area contributed by atoms with Gasteiger partial charge in [-0.3, -0.25) is 0 Å². The summed E-state index contributed by atoms with van der Waals surface area (Å²) >= 11 is 0. The number of alkyl halides is 3. The lowest BCUT2D eigenvalue weighted by Gasteiger charge is -2.20. The van der Waals surface area contributed by atoms with Gasteiger partial charge in [-0.1, -0.05) is 291 Å². The Balaban J connectivity index is 0.000000124. The normalized spacial score (nSPS) is 11.7. The SMILES string of the molecule is O=S(=O)(Oc1cc(-c2ccccc2)cc2ccccc12)C(F)(F)F.OB(O)c1c2ccccc2c(-c2cccc3ccccc23)c2ccccc12.c1ccc(-c2cc(-c3c4ccccc4c(-c4cccc5ccccc45)c4ccccc34)c3ccccc3c2)cc1. The van der Waals surface area contributed by atoms with Crippen LogP contribution in [0.5, 0.6) is 5.75 Å². The molecule has 0 unspecified atom stereocenters. The summed E-state index contributed by atoms with van der Waals surface area (Å²) in [7, 11) is -7.27. The molecule has 16 rings (SSSR count). The molecule has 0 atom stereocenters. The van der Waals surface area contributed by atoms with Crippen LogP contribution in [0.15, 0.2) is 315 Å². The third-order valence-electron chi connectivity index (χ3n) is 16.9. The smallest absolute Gasteiger partial charge is 0.423 e. The summed E-state index contributed by atoms with van der Waals surface area (Å²) in [6, 6.07) is 107. The fraction of sp³-hybridized carbons (Fsp3) is 0.0123. The Bertz CT molecular complexity index is 5440. The molecule has 0 aliphatic heterocycles. The van der Waals surface area contributed by atoms with Crippen molar-refractivity contribution in [3.8, 4) is 61.4 Å². The van der Waals surface area contributed by atoms with E-state index in [-0.39, 0.29) is 11.1 Å². The molecule has 0 aliphatic carbocycles. The third-order valence-corrected chi connectivity index (χ3v) is 17.9. The molecule has 0 fully saturated rings. The van der Waals surface area contributed by atoms with E-state index in [0.29, 0.717) is 16.4 Å². The number of fused-ring (bicyclic) bond motifs is 8. The zero-order valence-corrected chi connectivity index (χ0v) is 49.6. The minimum absolute atomic E-state index is 0.282. The molecule has 5 nitrogen and oxygen atoms in total. The Labute approximate surface area is 524 Å². The quantitative estimate of drug-likeness (QED) is 0.0685. The highest BCUT2D eigenvalue weighted by Gasteiger charge is 2.49. The van der Waals surface area contributed by atoms with E-state index in [1.165, 1.54) is 99.4 Å². The Morgan fingerprint density at radius 3 is 0.989 bits per heavy atom. The summed E-state index contributed by atoms with van der Waals surface area (Å²) in [5.41, 5.74) is 6.26. The fourth-order valence-electron chi connectivity index (χ4n) is 12.9. The molecule has 10 heteroatoms.